The van der Waals surface area contributed by atoms with Gasteiger partial charge in [-0.05, 0) is 24.7 Å². The van der Waals surface area contributed by atoms with Gasteiger partial charge in [-0.1, -0.05) is 57.8 Å². The number of hydrogen-bond donors (Lipinski definition) is 1. The Kier molecular flexibility index (Phi) is 8.39. The van der Waals surface area contributed by atoms with Crippen LogP contribution >= 0.6 is 0 Å². The molecule has 1 saturated heterocycles. The van der Waals surface area contributed by atoms with Gasteiger partial charge in [0.05, 0.1) is 12.2 Å². The van der Waals surface area contributed by atoms with Gasteiger partial charge in [0.25, 0.3) is 0 Å². The first-order valence-electron chi connectivity index (χ1n) is 7.59. The normalized spacial score (nSPS) is 21.8. The molecule has 1 aliphatic rings. The predicted molar refractivity (Wildman–Crippen MR) is 78.5 cm³/mol. The zero-order valence-corrected chi connectivity index (χ0v) is 12.2. The molecule has 1 fully saturated rings. The SMILES string of the molecule is CCCCCCC[C@@H]1O[C@@H]1CC#CC#CC(O)CC. The second-order valence-corrected chi connectivity index (χ2v) is 5.12. The Morgan fingerprint density at radius 3 is 2.58 bits per heavy atom. The third kappa shape index (κ3) is 7.93. The number of ether oxygens (including phenoxy) is 1. The van der Waals surface area contributed by atoms with Crippen LogP contribution in [0.1, 0.15) is 65.2 Å². The van der Waals surface area contributed by atoms with E-state index in [1.807, 2.05) is 6.92 Å². The fourth-order valence-corrected chi connectivity index (χ4v) is 1.98. The molecule has 0 aliphatic carbocycles. The van der Waals surface area contributed by atoms with Crippen molar-refractivity contribution in [3.8, 4) is 23.7 Å². The van der Waals surface area contributed by atoms with E-state index in [-0.39, 0.29) is 0 Å². The Hall–Kier alpha value is -0.960. The fraction of sp³-hybridized carbons (Fsp3) is 0.765. The van der Waals surface area contributed by atoms with E-state index in [9.17, 15) is 5.11 Å². The van der Waals surface area contributed by atoms with E-state index < -0.39 is 6.10 Å². The molecule has 1 N–H and O–H groups in total. The average Bonchev–Trinajstić information content (AvgIpc) is 3.16. The molecular formula is C17H26O2. The van der Waals surface area contributed by atoms with Gasteiger partial charge in [0.1, 0.15) is 6.10 Å². The summed E-state index contributed by atoms with van der Waals surface area (Å²) in [5.41, 5.74) is 0. The van der Waals surface area contributed by atoms with Crippen LogP contribution in [0.15, 0.2) is 0 Å². The van der Waals surface area contributed by atoms with E-state index in [0.29, 0.717) is 18.6 Å². The van der Waals surface area contributed by atoms with Gasteiger partial charge in [0, 0.05) is 6.42 Å². The summed E-state index contributed by atoms with van der Waals surface area (Å²) in [5, 5.41) is 9.21. The first-order chi connectivity index (χ1) is 9.27. The van der Waals surface area contributed by atoms with E-state index in [2.05, 4.69) is 30.6 Å². The lowest BCUT2D eigenvalue weighted by atomic mass is 10.1. The monoisotopic (exact) mass is 262 g/mol. The molecule has 1 unspecified atom stereocenters. The molecule has 0 spiro atoms. The van der Waals surface area contributed by atoms with Crippen LogP contribution < -0.4 is 0 Å². The van der Waals surface area contributed by atoms with Crippen LogP contribution in [-0.2, 0) is 4.74 Å². The highest BCUT2D eigenvalue weighted by Crippen LogP contribution is 2.29. The number of aliphatic hydroxyl groups excluding tert-OH is 1. The summed E-state index contributed by atoms with van der Waals surface area (Å²) in [6.07, 6.45) is 9.43. The van der Waals surface area contributed by atoms with E-state index in [4.69, 9.17) is 4.74 Å². The summed E-state index contributed by atoms with van der Waals surface area (Å²) < 4.78 is 5.57. The van der Waals surface area contributed by atoms with Gasteiger partial charge in [-0.2, -0.15) is 0 Å². The van der Waals surface area contributed by atoms with Crippen LogP contribution in [0, 0.1) is 23.7 Å². The number of hydrogen-bond acceptors (Lipinski definition) is 2. The van der Waals surface area contributed by atoms with Crippen molar-refractivity contribution in [3.05, 3.63) is 0 Å². The van der Waals surface area contributed by atoms with Crippen molar-refractivity contribution in [2.24, 2.45) is 0 Å². The maximum Gasteiger partial charge on any atom is 0.115 e. The fourth-order valence-electron chi connectivity index (χ4n) is 1.98. The molecule has 0 aromatic heterocycles. The van der Waals surface area contributed by atoms with E-state index in [1.165, 1.54) is 38.5 Å². The maximum atomic E-state index is 9.21. The van der Waals surface area contributed by atoms with Crippen molar-refractivity contribution in [2.75, 3.05) is 0 Å². The highest BCUT2D eigenvalue weighted by Gasteiger charge is 2.36. The first kappa shape index (κ1) is 16.1. The molecular weight excluding hydrogens is 236 g/mol. The van der Waals surface area contributed by atoms with Crippen molar-refractivity contribution in [3.63, 3.8) is 0 Å². The van der Waals surface area contributed by atoms with Gasteiger partial charge in [-0.3, -0.25) is 0 Å². The quantitative estimate of drug-likeness (QED) is 0.413. The molecule has 0 saturated carbocycles. The Morgan fingerprint density at radius 1 is 1.05 bits per heavy atom. The Morgan fingerprint density at radius 2 is 1.84 bits per heavy atom. The molecule has 3 atom stereocenters. The third-order valence-electron chi connectivity index (χ3n) is 3.36. The summed E-state index contributed by atoms with van der Waals surface area (Å²) in [7, 11) is 0. The molecule has 19 heavy (non-hydrogen) atoms. The topological polar surface area (TPSA) is 32.8 Å². The molecule has 1 aliphatic heterocycles. The molecule has 1 heterocycles. The highest BCUT2D eigenvalue weighted by atomic mass is 16.6. The lowest BCUT2D eigenvalue weighted by Gasteiger charge is -1.96. The summed E-state index contributed by atoms with van der Waals surface area (Å²) in [4.78, 5) is 0. The molecule has 0 amide bonds. The van der Waals surface area contributed by atoms with E-state index in [0.717, 1.165) is 6.42 Å². The lowest BCUT2D eigenvalue weighted by Crippen LogP contribution is -1.98. The van der Waals surface area contributed by atoms with Crippen LogP contribution in [0.4, 0.5) is 0 Å². The van der Waals surface area contributed by atoms with Crippen molar-refractivity contribution in [2.45, 2.75) is 83.5 Å². The minimum atomic E-state index is -0.539. The average molecular weight is 262 g/mol. The van der Waals surface area contributed by atoms with Crippen LogP contribution in [-0.4, -0.2) is 23.4 Å². The standard InChI is InChI=1S/C17H26O2/c1-3-5-6-7-10-13-16-17(19-16)14-11-8-9-12-15(18)4-2/h15-18H,3-7,10,13-14H2,1-2H3/t15?,16-,17+/m0/s1. The zero-order valence-electron chi connectivity index (χ0n) is 12.2. The van der Waals surface area contributed by atoms with Crippen LogP contribution in [0.2, 0.25) is 0 Å². The number of epoxide rings is 1. The van der Waals surface area contributed by atoms with Crippen LogP contribution in [0.3, 0.4) is 0 Å². The molecule has 1 rings (SSSR count). The minimum Gasteiger partial charge on any atom is -0.380 e. The molecule has 0 bridgehead atoms. The Balaban J connectivity index is 2.01. The Bertz CT molecular complexity index is 353. The molecule has 106 valence electrons. The Labute approximate surface area is 117 Å². The molecule has 0 aromatic carbocycles. The van der Waals surface area contributed by atoms with Gasteiger partial charge < -0.3 is 9.84 Å². The summed E-state index contributed by atoms with van der Waals surface area (Å²) in [5.74, 6) is 11.1. The van der Waals surface area contributed by atoms with E-state index >= 15 is 0 Å². The summed E-state index contributed by atoms with van der Waals surface area (Å²) in [6, 6.07) is 0. The van der Waals surface area contributed by atoms with Gasteiger partial charge in [0.15, 0.2) is 0 Å². The summed E-state index contributed by atoms with van der Waals surface area (Å²) in [6.45, 7) is 4.14. The minimum absolute atomic E-state index is 0.330. The van der Waals surface area contributed by atoms with Crippen molar-refractivity contribution in [1.82, 2.24) is 0 Å². The van der Waals surface area contributed by atoms with Crippen molar-refractivity contribution >= 4 is 0 Å². The van der Waals surface area contributed by atoms with Gasteiger partial charge in [-0.15, -0.1) is 0 Å². The number of unbranched alkanes of at least 4 members (excludes halogenated alkanes) is 4. The molecule has 2 heteroatoms. The highest BCUT2D eigenvalue weighted by molar-refractivity contribution is 5.27. The van der Waals surface area contributed by atoms with Crippen LogP contribution in [0.25, 0.3) is 0 Å². The van der Waals surface area contributed by atoms with E-state index in [1.54, 1.807) is 0 Å². The lowest BCUT2D eigenvalue weighted by molar-refractivity contribution is 0.228. The zero-order chi connectivity index (χ0) is 13.9. The number of aliphatic hydroxyl groups is 1. The van der Waals surface area contributed by atoms with Crippen LogP contribution in [0.5, 0.6) is 0 Å². The molecule has 0 radical (unpaired) electrons. The van der Waals surface area contributed by atoms with Gasteiger partial charge >= 0.3 is 0 Å². The smallest absolute Gasteiger partial charge is 0.115 e. The molecule has 0 aromatic rings. The summed E-state index contributed by atoms with van der Waals surface area (Å²) >= 11 is 0. The maximum absolute atomic E-state index is 9.21. The van der Waals surface area contributed by atoms with Gasteiger partial charge in [0.2, 0.25) is 0 Å². The van der Waals surface area contributed by atoms with Gasteiger partial charge in [-0.25, -0.2) is 0 Å². The molecule has 2 nitrogen and oxygen atoms in total. The van der Waals surface area contributed by atoms with Crippen molar-refractivity contribution in [1.29, 1.82) is 0 Å². The second-order valence-electron chi connectivity index (χ2n) is 5.12. The first-order valence-corrected chi connectivity index (χ1v) is 7.59. The second kappa shape index (κ2) is 9.90. The van der Waals surface area contributed by atoms with Crippen molar-refractivity contribution < 1.29 is 9.84 Å². The largest absolute Gasteiger partial charge is 0.380 e. The predicted octanol–water partition coefficient (Wildman–Crippen LogP) is 3.28. The number of rotatable bonds is 8. The third-order valence-corrected chi connectivity index (χ3v) is 3.36.